The van der Waals surface area contributed by atoms with Crippen molar-refractivity contribution in [3.63, 3.8) is 0 Å². The summed E-state index contributed by atoms with van der Waals surface area (Å²) in [7, 11) is -3.34. The number of ether oxygens (including phenoxy) is 3. The van der Waals surface area contributed by atoms with Crippen molar-refractivity contribution in [2.75, 3.05) is 20.8 Å². The SMILES string of the molecule is COC(NCC(=O)c1cc(Oc2ccc(C(F)(F)F)cc2Cl)ccc1[N+](=O)[O-])(OC)P(=O)(O)O. The van der Waals surface area contributed by atoms with Gasteiger partial charge in [0.2, 0.25) is 0 Å². The molecule has 0 spiro atoms. The van der Waals surface area contributed by atoms with E-state index in [4.69, 9.17) is 16.3 Å². The second-order valence-electron chi connectivity index (χ2n) is 6.49. The van der Waals surface area contributed by atoms with Crippen LogP contribution >= 0.6 is 19.2 Å². The third-order valence-electron chi connectivity index (χ3n) is 4.36. The highest BCUT2D eigenvalue weighted by molar-refractivity contribution is 7.53. The quantitative estimate of drug-likeness (QED) is 0.136. The summed E-state index contributed by atoms with van der Waals surface area (Å²) in [5.41, 5.74) is -4.93. The second-order valence-corrected chi connectivity index (χ2v) is 8.58. The van der Waals surface area contributed by atoms with Gasteiger partial charge >= 0.3 is 19.4 Å². The number of nitro benzene ring substituents is 1. The number of rotatable bonds is 10. The molecule has 34 heavy (non-hydrogen) atoms. The molecule has 11 nitrogen and oxygen atoms in total. The van der Waals surface area contributed by atoms with E-state index < -0.39 is 58.5 Å². The van der Waals surface area contributed by atoms with Crippen LogP contribution in [0.25, 0.3) is 0 Å². The molecule has 0 saturated heterocycles. The number of benzene rings is 2. The van der Waals surface area contributed by atoms with Gasteiger partial charge in [-0.3, -0.25) is 19.5 Å². The van der Waals surface area contributed by atoms with Crippen LogP contribution in [0.3, 0.4) is 0 Å². The first-order valence-corrected chi connectivity index (χ1v) is 10.9. The van der Waals surface area contributed by atoms with Crippen LogP contribution in [0.1, 0.15) is 15.9 Å². The van der Waals surface area contributed by atoms with Gasteiger partial charge < -0.3 is 24.0 Å². The molecule has 0 heterocycles. The number of ketones is 1. The van der Waals surface area contributed by atoms with Crippen LogP contribution in [0, 0.1) is 10.1 Å². The molecule has 0 atom stereocenters. The Hall–Kier alpha value is -2.58. The van der Waals surface area contributed by atoms with Crippen LogP contribution in [0.2, 0.25) is 5.02 Å². The van der Waals surface area contributed by atoms with E-state index in [1.807, 2.05) is 0 Å². The number of hydrogen-bond donors (Lipinski definition) is 3. The van der Waals surface area contributed by atoms with E-state index in [2.05, 4.69) is 14.8 Å². The first kappa shape index (κ1) is 27.7. The molecule has 0 bridgehead atoms. The highest BCUT2D eigenvalue weighted by atomic mass is 35.5. The van der Waals surface area contributed by atoms with Gasteiger partial charge in [-0.2, -0.15) is 13.2 Å². The predicted molar refractivity (Wildman–Crippen MR) is 111 cm³/mol. The summed E-state index contributed by atoms with van der Waals surface area (Å²) in [6.45, 7) is -0.877. The summed E-state index contributed by atoms with van der Waals surface area (Å²) < 4.78 is 64.8. The van der Waals surface area contributed by atoms with Crippen LogP contribution in [0.4, 0.5) is 18.9 Å². The number of carbonyl (C=O) groups is 1. The van der Waals surface area contributed by atoms with Crippen molar-refractivity contribution >= 4 is 30.7 Å². The van der Waals surface area contributed by atoms with Crippen molar-refractivity contribution in [2.45, 2.75) is 11.8 Å². The van der Waals surface area contributed by atoms with Gasteiger partial charge in [0, 0.05) is 20.3 Å². The summed E-state index contributed by atoms with van der Waals surface area (Å²) in [5, 5.41) is 13.0. The molecule has 0 aliphatic heterocycles. The molecule has 0 unspecified atom stereocenters. The van der Waals surface area contributed by atoms with Gasteiger partial charge in [0.1, 0.15) is 17.1 Å². The molecule has 2 aromatic rings. The number of hydrogen-bond acceptors (Lipinski definition) is 8. The van der Waals surface area contributed by atoms with Crippen molar-refractivity contribution in [1.82, 2.24) is 5.32 Å². The molecule has 0 saturated carbocycles. The van der Waals surface area contributed by atoms with E-state index in [1.165, 1.54) is 0 Å². The van der Waals surface area contributed by atoms with Crippen LogP contribution in [0.5, 0.6) is 11.5 Å². The molecule has 3 N–H and O–H groups in total. The van der Waals surface area contributed by atoms with Gasteiger partial charge in [0.05, 0.1) is 22.1 Å². The van der Waals surface area contributed by atoms with Crippen molar-refractivity contribution in [3.05, 3.63) is 62.7 Å². The Morgan fingerprint density at radius 2 is 1.79 bits per heavy atom. The molecule has 2 aromatic carbocycles. The topological polar surface area (TPSA) is 157 Å². The molecule has 186 valence electrons. The summed E-state index contributed by atoms with van der Waals surface area (Å²) in [6.07, 6.45) is -4.64. The van der Waals surface area contributed by atoms with Gasteiger partial charge in [-0.1, -0.05) is 11.6 Å². The lowest BCUT2D eigenvalue weighted by atomic mass is 10.1. The lowest BCUT2D eigenvalue weighted by Crippen LogP contribution is -2.50. The number of nitro groups is 1. The maximum Gasteiger partial charge on any atom is 0.416 e. The molecule has 0 aliphatic rings. The molecule has 0 aliphatic carbocycles. The van der Waals surface area contributed by atoms with Crippen molar-refractivity contribution in [3.8, 4) is 11.5 Å². The van der Waals surface area contributed by atoms with Crippen molar-refractivity contribution in [1.29, 1.82) is 0 Å². The van der Waals surface area contributed by atoms with Gasteiger partial charge in [0.15, 0.2) is 5.78 Å². The highest BCUT2D eigenvalue weighted by Crippen LogP contribution is 2.49. The third kappa shape index (κ3) is 6.10. The maximum absolute atomic E-state index is 12.8. The van der Waals surface area contributed by atoms with Gasteiger partial charge in [-0.05, 0) is 30.3 Å². The highest BCUT2D eigenvalue weighted by Gasteiger charge is 2.49. The standard InChI is InChI=1S/C18H17ClF3N2O9P/c1-31-18(32-2,34(28,29)30)23-9-15(25)12-8-11(4-5-14(12)24(26)27)33-16-6-3-10(7-13(16)19)17(20,21)22/h3-8,23H,9H2,1-2H3,(H2,28,29,30). The predicted octanol–water partition coefficient (Wildman–Crippen LogP) is 3.91. The minimum absolute atomic E-state index is 0.185. The number of nitrogens with zero attached hydrogens (tertiary/aromatic N) is 1. The van der Waals surface area contributed by atoms with Gasteiger partial charge in [-0.15, -0.1) is 0 Å². The maximum atomic E-state index is 12.8. The Bertz CT molecular complexity index is 1140. The number of alkyl halides is 3. The molecule has 16 heteroatoms. The smallest absolute Gasteiger partial charge is 0.416 e. The van der Waals surface area contributed by atoms with E-state index >= 15 is 0 Å². The number of nitrogens with one attached hydrogen (secondary N) is 1. The van der Waals surface area contributed by atoms with E-state index in [1.54, 1.807) is 0 Å². The molecule has 2 rings (SSSR count). The Labute approximate surface area is 194 Å². The largest absolute Gasteiger partial charge is 0.456 e. The van der Waals surface area contributed by atoms with Crippen LogP contribution in [-0.4, -0.2) is 46.9 Å². The Kier molecular flexibility index (Phi) is 8.43. The van der Waals surface area contributed by atoms with E-state index in [-0.39, 0.29) is 11.5 Å². The van der Waals surface area contributed by atoms with Crippen LogP contribution < -0.4 is 10.1 Å². The van der Waals surface area contributed by atoms with Crippen molar-refractivity contribution < 1.29 is 51.5 Å². The summed E-state index contributed by atoms with van der Waals surface area (Å²) >= 11 is 5.83. The number of methoxy groups -OCH3 is 2. The summed E-state index contributed by atoms with van der Waals surface area (Å²) in [4.78, 5) is 42.0. The normalized spacial score (nSPS) is 12.5. The van der Waals surface area contributed by atoms with E-state index in [9.17, 15) is 42.4 Å². The van der Waals surface area contributed by atoms with Crippen molar-refractivity contribution in [2.24, 2.45) is 0 Å². The number of halogens is 4. The Morgan fingerprint density at radius 3 is 2.26 bits per heavy atom. The van der Waals surface area contributed by atoms with Gasteiger partial charge in [0.25, 0.3) is 5.69 Å². The van der Waals surface area contributed by atoms with Crippen LogP contribution in [0.15, 0.2) is 36.4 Å². The lowest BCUT2D eigenvalue weighted by Gasteiger charge is -2.31. The molecular weight excluding hydrogens is 512 g/mol. The fourth-order valence-electron chi connectivity index (χ4n) is 2.70. The molecule has 0 fully saturated rings. The zero-order valence-electron chi connectivity index (χ0n) is 17.3. The minimum Gasteiger partial charge on any atom is -0.456 e. The molecule has 0 amide bonds. The molecular formula is C18H17ClF3N2O9P. The van der Waals surface area contributed by atoms with Crippen LogP contribution in [-0.2, 0) is 20.2 Å². The molecule has 0 radical (unpaired) electrons. The Balaban J connectivity index is 2.36. The zero-order valence-corrected chi connectivity index (χ0v) is 19.0. The van der Waals surface area contributed by atoms with E-state index in [0.29, 0.717) is 12.1 Å². The molecule has 0 aromatic heterocycles. The first-order valence-electron chi connectivity index (χ1n) is 8.92. The fourth-order valence-corrected chi connectivity index (χ4v) is 3.68. The van der Waals surface area contributed by atoms with E-state index in [0.717, 1.165) is 38.5 Å². The summed E-state index contributed by atoms with van der Waals surface area (Å²) in [5.74, 6) is -1.42. The second kappa shape index (κ2) is 10.4. The van der Waals surface area contributed by atoms with Gasteiger partial charge in [-0.25, -0.2) is 5.32 Å². The monoisotopic (exact) mass is 528 g/mol. The zero-order chi connectivity index (χ0) is 25.9. The minimum atomic E-state index is -5.12. The summed E-state index contributed by atoms with van der Waals surface area (Å²) in [6, 6.07) is 5.18. The Morgan fingerprint density at radius 1 is 1.18 bits per heavy atom. The average molecular weight is 529 g/mol. The number of carbonyl (C=O) groups excluding carboxylic acids is 1. The average Bonchev–Trinajstić information content (AvgIpc) is 2.74. The lowest BCUT2D eigenvalue weighted by molar-refractivity contribution is -0.385. The fraction of sp³-hybridized carbons (Fsp3) is 0.278. The third-order valence-corrected chi connectivity index (χ3v) is 5.95. The first-order chi connectivity index (χ1) is 15.6. The number of Topliss-reactive ketones (excluding diaryl/α,β-unsaturated/α-hetero) is 1.